The van der Waals surface area contributed by atoms with Crippen LogP contribution in [0.3, 0.4) is 0 Å². The van der Waals surface area contributed by atoms with Crippen molar-refractivity contribution in [3.8, 4) is 28.7 Å². The number of methoxy groups -OCH3 is 1. The van der Waals surface area contributed by atoms with E-state index in [4.69, 9.17) is 4.74 Å². The van der Waals surface area contributed by atoms with Gasteiger partial charge in [-0.05, 0) is 47.5 Å². The predicted octanol–water partition coefficient (Wildman–Crippen LogP) is 4.31. The molecule has 0 saturated heterocycles. The summed E-state index contributed by atoms with van der Waals surface area (Å²) in [6, 6.07) is 14.5. The summed E-state index contributed by atoms with van der Waals surface area (Å²) in [4.78, 5) is 4.26. The fraction of sp³-hybridized carbons (Fsp3) is 0.0870. The van der Waals surface area contributed by atoms with Gasteiger partial charge in [-0.25, -0.2) is 0 Å². The summed E-state index contributed by atoms with van der Waals surface area (Å²) in [5.41, 5.74) is 2.80. The van der Waals surface area contributed by atoms with Crippen LogP contribution in [0.25, 0.3) is 12.2 Å². The maximum absolute atomic E-state index is 10.1. The van der Waals surface area contributed by atoms with E-state index in [0.717, 1.165) is 11.1 Å². The van der Waals surface area contributed by atoms with Crippen molar-refractivity contribution in [2.75, 3.05) is 7.11 Å². The number of benzene rings is 3. The average molecular weight is 391 g/mol. The van der Waals surface area contributed by atoms with E-state index in [1.54, 1.807) is 42.5 Å². The van der Waals surface area contributed by atoms with Gasteiger partial charge in [0.05, 0.1) is 13.7 Å². The molecule has 0 amide bonds. The van der Waals surface area contributed by atoms with Crippen molar-refractivity contribution < 1.29 is 25.2 Å². The van der Waals surface area contributed by atoms with Crippen LogP contribution in [0.4, 0.5) is 0 Å². The quantitative estimate of drug-likeness (QED) is 0.370. The van der Waals surface area contributed by atoms with Crippen LogP contribution in [0.5, 0.6) is 28.7 Å². The third kappa shape index (κ3) is 5.07. The molecular weight excluding hydrogens is 370 g/mol. The van der Waals surface area contributed by atoms with Crippen molar-refractivity contribution in [3.63, 3.8) is 0 Å². The molecule has 29 heavy (non-hydrogen) atoms. The van der Waals surface area contributed by atoms with Gasteiger partial charge in [-0.2, -0.15) is 0 Å². The molecule has 0 fully saturated rings. The Morgan fingerprint density at radius 2 is 1.48 bits per heavy atom. The molecule has 0 heterocycles. The molecule has 0 radical (unpaired) electrons. The van der Waals surface area contributed by atoms with Crippen molar-refractivity contribution in [2.45, 2.75) is 6.54 Å². The van der Waals surface area contributed by atoms with Crippen LogP contribution in [0, 0.1) is 0 Å². The van der Waals surface area contributed by atoms with Crippen LogP contribution < -0.4 is 4.74 Å². The fourth-order valence-electron chi connectivity index (χ4n) is 2.70. The van der Waals surface area contributed by atoms with Crippen LogP contribution >= 0.6 is 0 Å². The molecule has 0 aliphatic heterocycles. The summed E-state index contributed by atoms with van der Waals surface area (Å²) in [7, 11) is 1.49. The van der Waals surface area contributed by atoms with Gasteiger partial charge >= 0.3 is 0 Å². The highest BCUT2D eigenvalue weighted by molar-refractivity contribution is 5.85. The summed E-state index contributed by atoms with van der Waals surface area (Å²) in [5.74, 6) is 0.508. The first-order chi connectivity index (χ1) is 14.0. The van der Waals surface area contributed by atoms with E-state index < -0.39 is 0 Å². The van der Waals surface area contributed by atoms with E-state index in [1.165, 1.54) is 25.5 Å². The third-order valence-electron chi connectivity index (χ3n) is 4.28. The second kappa shape index (κ2) is 8.84. The standard InChI is InChI=1S/C23H21NO5/c1-29-23-11-16(5-9-21(23)27)3-2-15-4-8-20(26)18(10-15)14-24-13-17-6-7-19(25)12-22(17)28/h2-12,14,25-28H,13H2,1H3. The Morgan fingerprint density at radius 3 is 2.17 bits per heavy atom. The van der Waals surface area contributed by atoms with E-state index in [-0.39, 0.29) is 29.5 Å². The lowest BCUT2D eigenvalue weighted by Gasteiger charge is -2.04. The Labute approximate surface area is 168 Å². The summed E-state index contributed by atoms with van der Waals surface area (Å²) in [6.07, 6.45) is 5.26. The Hall–Kier alpha value is -3.93. The number of phenols is 4. The maximum Gasteiger partial charge on any atom is 0.161 e. The van der Waals surface area contributed by atoms with Crippen molar-refractivity contribution >= 4 is 18.4 Å². The number of hydrogen-bond donors (Lipinski definition) is 4. The minimum Gasteiger partial charge on any atom is -0.508 e. The van der Waals surface area contributed by atoms with Crippen LogP contribution in [0.1, 0.15) is 22.3 Å². The highest BCUT2D eigenvalue weighted by atomic mass is 16.5. The lowest BCUT2D eigenvalue weighted by atomic mass is 10.1. The van der Waals surface area contributed by atoms with Crippen molar-refractivity contribution in [1.82, 2.24) is 0 Å². The minimum atomic E-state index is -0.0348. The molecule has 0 atom stereocenters. The molecule has 3 aromatic rings. The Morgan fingerprint density at radius 1 is 0.793 bits per heavy atom. The predicted molar refractivity (Wildman–Crippen MR) is 113 cm³/mol. The monoisotopic (exact) mass is 391 g/mol. The van der Waals surface area contributed by atoms with Gasteiger partial charge in [0.1, 0.15) is 17.2 Å². The zero-order valence-corrected chi connectivity index (χ0v) is 15.8. The number of phenolic OH excluding ortho intramolecular Hbond substituents is 4. The molecule has 4 N–H and O–H groups in total. The zero-order chi connectivity index (χ0) is 20.8. The first-order valence-corrected chi connectivity index (χ1v) is 8.85. The van der Waals surface area contributed by atoms with Gasteiger partial charge in [0.2, 0.25) is 0 Å². The number of rotatable bonds is 6. The highest BCUT2D eigenvalue weighted by Crippen LogP contribution is 2.27. The van der Waals surface area contributed by atoms with Crippen LogP contribution in [0.15, 0.2) is 59.6 Å². The van der Waals surface area contributed by atoms with E-state index >= 15 is 0 Å². The van der Waals surface area contributed by atoms with Crippen molar-refractivity contribution in [1.29, 1.82) is 0 Å². The molecule has 0 spiro atoms. The molecule has 0 aromatic heterocycles. The number of nitrogens with zero attached hydrogens (tertiary/aromatic N) is 1. The highest BCUT2D eigenvalue weighted by Gasteiger charge is 2.03. The van der Waals surface area contributed by atoms with Crippen molar-refractivity contribution in [2.24, 2.45) is 4.99 Å². The topological polar surface area (TPSA) is 103 Å². The molecule has 3 rings (SSSR count). The lowest BCUT2D eigenvalue weighted by molar-refractivity contribution is 0.373. The number of aromatic hydroxyl groups is 4. The normalized spacial score (nSPS) is 11.3. The summed E-state index contributed by atoms with van der Waals surface area (Å²) in [6.45, 7) is 0.207. The summed E-state index contributed by atoms with van der Waals surface area (Å²) < 4.78 is 5.10. The van der Waals surface area contributed by atoms with Gasteiger partial charge in [0.25, 0.3) is 0 Å². The van der Waals surface area contributed by atoms with Crippen molar-refractivity contribution in [3.05, 3.63) is 76.9 Å². The summed E-state index contributed by atoms with van der Waals surface area (Å²) in [5, 5.41) is 38.9. The van der Waals surface area contributed by atoms with E-state index in [2.05, 4.69) is 4.99 Å². The molecule has 6 nitrogen and oxygen atoms in total. The molecule has 148 valence electrons. The van der Waals surface area contributed by atoms with Gasteiger partial charge < -0.3 is 25.2 Å². The van der Waals surface area contributed by atoms with Crippen LogP contribution in [0.2, 0.25) is 0 Å². The third-order valence-corrected chi connectivity index (χ3v) is 4.28. The fourth-order valence-corrected chi connectivity index (χ4v) is 2.70. The summed E-state index contributed by atoms with van der Waals surface area (Å²) >= 11 is 0. The zero-order valence-electron chi connectivity index (χ0n) is 15.8. The smallest absolute Gasteiger partial charge is 0.161 e. The number of aliphatic imine (C=N–C) groups is 1. The van der Waals surface area contributed by atoms with Gasteiger partial charge in [0, 0.05) is 23.4 Å². The largest absolute Gasteiger partial charge is 0.508 e. The molecule has 0 bridgehead atoms. The van der Waals surface area contributed by atoms with E-state index in [1.807, 2.05) is 12.2 Å². The van der Waals surface area contributed by atoms with Crippen LogP contribution in [-0.2, 0) is 6.54 Å². The maximum atomic E-state index is 10.1. The van der Waals surface area contributed by atoms with Gasteiger partial charge in [-0.15, -0.1) is 0 Å². The molecular formula is C23H21NO5. The Bertz CT molecular complexity index is 1070. The Kier molecular flexibility index (Phi) is 6.04. The number of ether oxygens (including phenoxy) is 1. The lowest BCUT2D eigenvalue weighted by Crippen LogP contribution is -1.88. The first kappa shape index (κ1) is 19.8. The van der Waals surface area contributed by atoms with Crippen LogP contribution in [-0.4, -0.2) is 33.8 Å². The van der Waals surface area contributed by atoms with Gasteiger partial charge in [-0.3, -0.25) is 4.99 Å². The molecule has 0 aliphatic rings. The molecule has 3 aromatic carbocycles. The minimum absolute atomic E-state index is 0.0152. The second-order valence-electron chi connectivity index (χ2n) is 6.37. The molecule has 0 unspecified atom stereocenters. The van der Waals surface area contributed by atoms with E-state index in [0.29, 0.717) is 16.9 Å². The Balaban J connectivity index is 1.75. The van der Waals surface area contributed by atoms with Gasteiger partial charge in [0.15, 0.2) is 11.5 Å². The first-order valence-electron chi connectivity index (χ1n) is 8.85. The molecule has 0 aliphatic carbocycles. The molecule has 0 saturated carbocycles. The molecule has 6 heteroatoms. The van der Waals surface area contributed by atoms with E-state index in [9.17, 15) is 20.4 Å². The second-order valence-corrected chi connectivity index (χ2v) is 6.37. The van der Waals surface area contributed by atoms with Gasteiger partial charge in [-0.1, -0.05) is 24.3 Å². The SMILES string of the molecule is COc1cc(C=Cc2ccc(O)c(C=NCc3ccc(O)cc3O)c2)ccc1O. The number of hydrogen-bond acceptors (Lipinski definition) is 6. The average Bonchev–Trinajstić information content (AvgIpc) is 2.71.